The summed E-state index contributed by atoms with van der Waals surface area (Å²) in [6, 6.07) is 8.36. The summed E-state index contributed by atoms with van der Waals surface area (Å²) in [7, 11) is 0. The summed E-state index contributed by atoms with van der Waals surface area (Å²) in [4.78, 5) is 21.7. The van der Waals surface area contributed by atoms with E-state index in [1.807, 2.05) is 6.92 Å². The zero-order chi connectivity index (χ0) is 18.4. The number of nitrogens with two attached hydrogens (primary N) is 1. The number of carbonyl (C=O) groups excluding carboxylic acids is 1. The van der Waals surface area contributed by atoms with Gasteiger partial charge in [-0.15, -0.1) is 0 Å². The Morgan fingerprint density at radius 2 is 1.80 bits per heavy atom. The number of hydrogen-bond donors (Lipinski definition) is 2. The van der Waals surface area contributed by atoms with E-state index < -0.39 is 5.97 Å². The molecule has 1 aromatic rings. The van der Waals surface area contributed by atoms with E-state index in [0.717, 1.165) is 31.2 Å². The van der Waals surface area contributed by atoms with Crippen LogP contribution in [0.1, 0.15) is 50.7 Å². The topological polar surface area (TPSA) is 89.6 Å². The van der Waals surface area contributed by atoms with Crippen LogP contribution >= 0.6 is 0 Å². The van der Waals surface area contributed by atoms with Crippen LogP contribution in [0, 0.1) is 17.8 Å². The summed E-state index contributed by atoms with van der Waals surface area (Å²) in [6.07, 6.45) is 3.75. The highest BCUT2D eigenvalue weighted by molar-refractivity contribution is 5.73. The van der Waals surface area contributed by atoms with Crippen LogP contribution in [0.5, 0.6) is 0 Å². The Kier molecular flexibility index (Phi) is 7.00. The lowest BCUT2D eigenvalue weighted by molar-refractivity contribution is -0.146. The van der Waals surface area contributed by atoms with E-state index in [2.05, 4.69) is 31.2 Å². The Morgan fingerprint density at radius 3 is 2.36 bits per heavy atom. The van der Waals surface area contributed by atoms with Crippen LogP contribution in [0.4, 0.5) is 0 Å². The Bertz CT molecular complexity index is 578. The molecule has 1 aromatic carbocycles. The molecule has 0 bridgehead atoms. The first-order valence-electron chi connectivity index (χ1n) is 9.05. The van der Waals surface area contributed by atoms with Gasteiger partial charge in [0.05, 0.1) is 18.6 Å². The number of aliphatic carboxylic acids is 1. The molecule has 2 rings (SSSR count). The van der Waals surface area contributed by atoms with Crippen molar-refractivity contribution >= 4 is 11.9 Å². The predicted molar refractivity (Wildman–Crippen MR) is 95.8 cm³/mol. The maximum absolute atomic E-state index is 10.8. The van der Waals surface area contributed by atoms with Crippen molar-refractivity contribution in [1.82, 2.24) is 0 Å². The molecule has 0 saturated heterocycles. The van der Waals surface area contributed by atoms with Gasteiger partial charge in [0.1, 0.15) is 0 Å². The molecule has 2 atom stereocenters. The molecule has 1 saturated carbocycles. The molecule has 0 aliphatic heterocycles. The van der Waals surface area contributed by atoms with Crippen LogP contribution in [-0.2, 0) is 27.4 Å². The Balaban J connectivity index is 1.71. The lowest BCUT2D eigenvalue weighted by Crippen LogP contribution is -2.31. The first kappa shape index (κ1) is 19.4. The Hall–Kier alpha value is -1.88. The van der Waals surface area contributed by atoms with Crippen LogP contribution < -0.4 is 5.73 Å². The molecule has 0 unspecified atom stereocenters. The number of benzene rings is 1. The minimum Gasteiger partial charge on any atom is -0.481 e. The van der Waals surface area contributed by atoms with Gasteiger partial charge in [-0.1, -0.05) is 31.2 Å². The van der Waals surface area contributed by atoms with Gasteiger partial charge in [0, 0.05) is 6.42 Å². The van der Waals surface area contributed by atoms with Gasteiger partial charge < -0.3 is 15.6 Å². The monoisotopic (exact) mass is 347 g/mol. The van der Waals surface area contributed by atoms with E-state index in [-0.39, 0.29) is 23.8 Å². The third-order valence-corrected chi connectivity index (χ3v) is 5.29. The standard InChI is InChI=1S/C20H29NO4/c1-13(3-8-19(21)22)14(2)25-12-16-6-4-15(5-7-16)9-17-10-18(11-17)20(23)24/h4-7,13-14,17-18H,3,8-12H2,1-2H3,(H2,21,22)(H,23,24)/t13-,14+,17?,18?/m0/s1. The van der Waals surface area contributed by atoms with E-state index in [1.165, 1.54) is 5.56 Å². The van der Waals surface area contributed by atoms with Crippen LogP contribution in [0.15, 0.2) is 24.3 Å². The van der Waals surface area contributed by atoms with Crippen molar-refractivity contribution in [2.75, 3.05) is 0 Å². The molecule has 3 N–H and O–H groups in total. The normalized spacial score (nSPS) is 22.0. The molecule has 0 radical (unpaired) electrons. The van der Waals surface area contributed by atoms with Crippen molar-refractivity contribution in [3.8, 4) is 0 Å². The summed E-state index contributed by atoms with van der Waals surface area (Å²) in [5.74, 6) is -0.295. The molecule has 5 nitrogen and oxygen atoms in total. The van der Waals surface area contributed by atoms with Crippen molar-refractivity contribution in [3.05, 3.63) is 35.4 Å². The number of primary amides is 1. The van der Waals surface area contributed by atoms with Crippen molar-refractivity contribution < 1.29 is 19.4 Å². The second-order valence-electron chi connectivity index (χ2n) is 7.39. The molecular weight excluding hydrogens is 318 g/mol. The predicted octanol–water partition coefficient (Wildman–Crippen LogP) is 3.15. The highest BCUT2D eigenvalue weighted by Crippen LogP contribution is 2.36. The van der Waals surface area contributed by atoms with Gasteiger partial charge >= 0.3 is 5.97 Å². The fourth-order valence-electron chi connectivity index (χ4n) is 3.21. The largest absolute Gasteiger partial charge is 0.481 e. The SMILES string of the molecule is C[C@@H](CCC(N)=O)[C@@H](C)OCc1ccc(CC2CC(C(=O)O)C2)cc1. The molecular formula is C20H29NO4. The van der Waals surface area contributed by atoms with Gasteiger partial charge in [-0.05, 0) is 55.6 Å². The van der Waals surface area contributed by atoms with Crippen molar-refractivity contribution in [2.24, 2.45) is 23.5 Å². The average molecular weight is 347 g/mol. The molecule has 0 spiro atoms. The number of carboxylic acids is 1. The molecule has 0 aromatic heterocycles. The second-order valence-corrected chi connectivity index (χ2v) is 7.39. The molecule has 1 fully saturated rings. The fraction of sp³-hybridized carbons (Fsp3) is 0.600. The highest BCUT2D eigenvalue weighted by Gasteiger charge is 2.34. The zero-order valence-electron chi connectivity index (χ0n) is 15.1. The zero-order valence-corrected chi connectivity index (χ0v) is 15.1. The Labute approximate surface area is 149 Å². The number of ether oxygens (including phenoxy) is 1. The van der Waals surface area contributed by atoms with Gasteiger partial charge in [-0.3, -0.25) is 9.59 Å². The van der Waals surface area contributed by atoms with Crippen LogP contribution in [0.2, 0.25) is 0 Å². The lowest BCUT2D eigenvalue weighted by Gasteiger charge is -2.32. The maximum Gasteiger partial charge on any atom is 0.306 e. The third kappa shape index (κ3) is 6.16. The van der Waals surface area contributed by atoms with Crippen molar-refractivity contribution in [2.45, 2.75) is 58.7 Å². The summed E-state index contributed by atoms with van der Waals surface area (Å²) >= 11 is 0. The summed E-state index contributed by atoms with van der Waals surface area (Å²) in [5.41, 5.74) is 7.55. The van der Waals surface area contributed by atoms with E-state index in [9.17, 15) is 9.59 Å². The molecule has 1 aliphatic carbocycles. The molecule has 25 heavy (non-hydrogen) atoms. The van der Waals surface area contributed by atoms with Crippen molar-refractivity contribution in [1.29, 1.82) is 0 Å². The quantitative estimate of drug-likeness (QED) is 0.680. The number of carbonyl (C=O) groups is 2. The maximum atomic E-state index is 10.8. The average Bonchev–Trinajstić information content (AvgIpc) is 2.53. The second kappa shape index (κ2) is 8.99. The van der Waals surface area contributed by atoms with Gasteiger partial charge in [-0.2, -0.15) is 0 Å². The molecule has 0 heterocycles. The van der Waals surface area contributed by atoms with E-state index in [0.29, 0.717) is 18.9 Å². The van der Waals surface area contributed by atoms with Crippen molar-refractivity contribution in [3.63, 3.8) is 0 Å². The van der Waals surface area contributed by atoms with Gasteiger partial charge in [0.15, 0.2) is 0 Å². The van der Waals surface area contributed by atoms with Crippen LogP contribution in [0.3, 0.4) is 0 Å². The molecule has 5 heteroatoms. The van der Waals surface area contributed by atoms with E-state index >= 15 is 0 Å². The fourth-order valence-corrected chi connectivity index (χ4v) is 3.21. The lowest BCUT2D eigenvalue weighted by atomic mass is 9.72. The molecule has 1 aliphatic rings. The summed E-state index contributed by atoms with van der Waals surface area (Å²) < 4.78 is 5.90. The van der Waals surface area contributed by atoms with Gasteiger partial charge in [0.2, 0.25) is 5.91 Å². The highest BCUT2D eigenvalue weighted by atomic mass is 16.5. The first-order valence-corrected chi connectivity index (χ1v) is 9.05. The number of hydrogen-bond acceptors (Lipinski definition) is 3. The first-order chi connectivity index (χ1) is 11.8. The minimum atomic E-state index is -0.664. The number of amides is 1. The van der Waals surface area contributed by atoms with Crippen LogP contribution in [0.25, 0.3) is 0 Å². The van der Waals surface area contributed by atoms with E-state index in [4.69, 9.17) is 15.6 Å². The summed E-state index contributed by atoms with van der Waals surface area (Å²) in [5, 5.41) is 8.92. The van der Waals surface area contributed by atoms with Crippen LogP contribution in [-0.4, -0.2) is 23.1 Å². The number of carboxylic acid groups (broad SMARTS) is 1. The molecule has 138 valence electrons. The summed E-state index contributed by atoms with van der Waals surface area (Å²) in [6.45, 7) is 4.64. The number of rotatable bonds is 10. The Morgan fingerprint density at radius 1 is 1.20 bits per heavy atom. The van der Waals surface area contributed by atoms with E-state index in [1.54, 1.807) is 0 Å². The molecule has 1 amide bonds. The smallest absolute Gasteiger partial charge is 0.306 e. The minimum absolute atomic E-state index is 0.0713. The van der Waals surface area contributed by atoms with Gasteiger partial charge in [0.25, 0.3) is 0 Å². The third-order valence-electron chi connectivity index (χ3n) is 5.29. The van der Waals surface area contributed by atoms with Gasteiger partial charge in [-0.25, -0.2) is 0 Å².